The van der Waals surface area contributed by atoms with Crippen molar-refractivity contribution in [3.05, 3.63) is 0 Å². The van der Waals surface area contributed by atoms with E-state index in [2.05, 4.69) is 26.1 Å². The lowest BCUT2D eigenvalue weighted by Gasteiger charge is -2.16. The van der Waals surface area contributed by atoms with Gasteiger partial charge >= 0.3 is 0 Å². The molecule has 0 aromatic carbocycles. The third kappa shape index (κ3) is 10.2. The monoisotopic (exact) mass is 215 g/mol. The van der Waals surface area contributed by atoms with Gasteiger partial charge in [-0.1, -0.05) is 27.2 Å². The highest BCUT2D eigenvalue weighted by molar-refractivity contribution is 4.63. The van der Waals surface area contributed by atoms with Crippen molar-refractivity contribution >= 4 is 0 Å². The molecule has 0 aliphatic heterocycles. The standard InChI is InChI=1S/C13H29NO/c1-4-7-11-15-12-8-9-13(6-3)14-10-5-2/h13-14H,4-12H2,1-3H3. The maximum absolute atomic E-state index is 5.55. The predicted molar refractivity (Wildman–Crippen MR) is 67.3 cm³/mol. The van der Waals surface area contributed by atoms with Crippen LogP contribution in [-0.2, 0) is 4.74 Å². The molecule has 15 heavy (non-hydrogen) atoms. The number of rotatable bonds is 11. The molecular formula is C13H29NO. The zero-order chi connectivity index (χ0) is 11.4. The maximum atomic E-state index is 5.55. The first-order valence-corrected chi connectivity index (χ1v) is 6.66. The maximum Gasteiger partial charge on any atom is 0.0466 e. The van der Waals surface area contributed by atoms with Gasteiger partial charge in [0.05, 0.1) is 0 Å². The smallest absolute Gasteiger partial charge is 0.0466 e. The average molecular weight is 215 g/mol. The summed E-state index contributed by atoms with van der Waals surface area (Å²) in [6, 6.07) is 0.694. The van der Waals surface area contributed by atoms with Crippen LogP contribution in [0.1, 0.15) is 59.3 Å². The van der Waals surface area contributed by atoms with E-state index in [1.165, 1.54) is 38.5 Å². The largest absolute Gasteiger partial charge is 0.381 e. The van der Waals surface area contributed by atoms with Gasteiger partial charge in [-0.25, -0.2) is 0 Å². The van der Waals surface area contributed by atoms with Crippen molar-refractivity contribution in [1.29, 1.82) is 0 Å². The minimum Gasteiger partial charge on any atom is -0.381 e. The zero-order valence-corrected chi connectivity index (χ0v) is 10.8. The van der Waals surface area contributed by atoms with Crippen LogP contribution >= 0.6 is 0 Å². The van der Waals surface area contributed by atoms with Gasteiger partial charge in [0.2, 0.25) is 0 Å². The molecular weight excluding hydrogens is 186 g/mol. The van der Waals surface area contributed by atoms with Crippen LogP contribution in [0.25, 0.3) is 0 Å². The van der Waals surface area contributed by atoms with Crippen molar-refractivity contribution in [3.63, 3.8) is 0 Å². The van der Waals surface area contributed by atoms with Crippen molar-refractivity contribution in [2.24, 2.45) is 0 Å². The van der Waals surface area contributed by atoms with Crippen LogP contribution in [0.15, 0.2) is 0 Å². The second kappa shape index (κ2) is 12.0. The highest BCUT2D eigenvalue weighted by Crippen LogP contribution is 2.02. The molecule has 0 rings (SSSR count). The Kier molecular flexibility index (Phi) is 11.9. The van der Waals surface area contributed by atoms with E-state index in [9.17, 15) is 0 Å². The van der Waals surface area contributed by atoms with Gasteiger partial charge in [0.25, 0.3) is 0 Å². The number of ether oxygens (including phenoxy) is 1. The second-order valence-corrected chi connectivity index (χ2v) is 4.17. The van der Waals surface area contributed by atoms with Gasteiger partial charge in [-0.15, -0.1) is 0 Å². The fourth-order valence-corrected chi connectivity index (χ4v) is 1.58. The van der Waals surface area contributed by atoms with Crippen LogP contribution in [0, 0.1) is 0 Å². The van der Waals surface area contributed by atoms with Crippen LogP contribution in [0.3, 0.4) is 0 Å². The summed E-state index contributed by atoms with van der Waals surface area (Å²) in [7, 11) is 0. The molecule has 0 aliphatic carbocycles. The Morgan fingerprint density at radius 1 is 1.00 bits per heavy atom. The summed E-state index contributed by atoms with van der Waals surface area (Å²) >= 11 is 0. The number of hydrogen-bond acceptors (Lipinski definition) is 2. The van der Waals surface area contributed by atoms with Gasteiger partial charge in [0.15, 0.2) is 0 Å². The summed E-state index contributed by atoms with van der Waals surface area (Å²) in [6.07, 6.45) is 7.33. The predicted octanol–water partition coefficient (Wildman–Crippen LogP) is 3.36. The molecule has 0 aliphatic rings. The molecule has 92 valence electrons. The fraction of sp³-hybridized carbons (Fsp3) is 1.00. The molecule has 0 aromatic heterocycles. The molecule has 0 fully saturated rings. The normalized spacial score (nSPS) is 13.0. The van der Waals surface area contributed by atoms with Gasteiger partial charge in [-0.05, 0) is 38.6 Å². The van der Waals surface area contributed by atoms with Gasteiger partial charge in [0, 0.05) is 19.3 Å². The molecule has 1 unspecified atom stereocenters. The Morgan fingerprint density at radius 2 is 1.73 bits per heavy atom. The molecule has 1 atom stereocenters. The van der Waals surface area contributed by atoms with Crippen LogP contribution in [0.5, 0.6) is 0 Å². The molecule has 0 heterocycles. The van der Waals surface area contributed by atoms with Crippen LogP contribution in [-0.4, -0.2) is 25.8 Å². The van der Waals surface area contributed by atoms with E-state index in [4.69, 9.17) is 4.74 Å². The Hall–Kier alpha value is -0.0800. The Morgan fingerprint density at radius 3 is 2.33 bits per heavy atom. The third-order valence-electron chi connectivity index (χ3n) is 2.66. The molecule has 1 N–H and O–H groups in total. The summed E-state index contributed by atoms with van der Waals surface area (Å²) in [4.78, 5) is 0. The SMILES string of the molecule is CCCCOCCCC(CC)NCCC. The Bertz CT molecular complexity index is 117. The number of unbranched alkanes of at least 4 members (excludes halogenated alkanes) is 1. The van der Waals surface area contributed by atoms with Gasteiger partial charge in [-0.3, -0.25) is 0 Å². The molecule has 0 saturated heterocycles. The van der Waals surface area contributed by atoms with Crippen molar-refractivity contribution < 1.29 is 4.74 Å². The molecule has 0 aromatic rings. The first-order valence-electron chi connectivity index (χ1n) is 6.66. The minimum atomic E-state index is 0.694. The van der Waals surface area contributed by atoms with E-state index in [1.54, 1.807) is 0 Å². The van der Waals surface area contributed by atoms with Crippen LogP contribution in [0.2, 0.25) is 0 Å². The fourth-order valence-electron chi connectivity index (χ4n) is 1.58. The highest BCUT2D eigenvalue weighted by atomic mass is 16.5. The van der Waals surface area contributed by atoms with Crippen molar-refractivity contribution in [1.82, 2.24) is 5.32 Å². The summed E-state index contributed by atoms with van der Waals surface area (Å²) in [6.45, 7) is 9.69. The van der Waals surface area contributed by atoms with Crippen molar-refractivity contribution in [3.8, 4) is 0 Å². The third-order valence-corrected chi connectivity index (χ3v) is 2.66. The Balaban J connectivity index is 3.22. The first-order chi connectivity index (χ1) is 7.35. The summed E-state index contributed by atoms with van der Waals surface area (Å²) in [5.74, 6) is 0. The van der Waals surface area contributed by atoms with Gasteiger partial charge in [0.1, 0.15) is 0 Å². The molecule has 0 amide bonds. The minimum absolute atomic E-state index is 0.694. The van der Waals surface area contributed by atoms with Crippen molar-refractivity contribution in [2.45, 2.75) is 65.3 Å². The van der Waals surface area contributed by atoms with Crippen LogP contribution in [0.4, 0.5) is 0 Å². The molecule has 2 nitrogen and oxygen atoms in total. The summed E-state index contributed by atoms with van der Waals surface area (Å²) in [5.41, 5.74) is 0. The molecule has 0 radical (unpaired) electrons. The number of nitrogens with one attached hydrogen (secondary N) is 1. The summed E-state index contributed by atoms with van der Waals surface area (Å²) < 4.78 is 5.55. The second-order valence-electron chi connectivity index (χ2n) is 4.17. The lowest BCUT2D eigenvalue weighted by atomic mass is 10.1. The average Bonchev–Trinajstić information content (AvgIpc) is 2.27. The molecule has 0 spiro atoms. The van der Waals surface area contributed by atoms with Gasteiger partial charge in [-0.2, -0.15) is 0 Å². The first kappa shape index (κ1) is 14.9. The highest BCUT2D eigenvalue weighted by Gasteiger charge is 2.03. The van der Waals surface area contributed by atoms with Gasteiger partial charge < -0.3 is 10.1 Å². The zero-order valence-electron chi connectivity index (χ0n) is 10.8. The van der Waals surface area contributed by atoms with E-state index in [0.29, 0.717) is 6.04 Å². The molecule has 0 bridgehead atoms. The van der Waals surface area contributed by atoms with E-state index < -0.39 is 0 Å². The van der Waals surface area contributed by atoms with Crippen molar-refractivity contribution in [2.75, 3.05) is 19.8 Å². The van der Waals surface area contributed by atoms with E-state index in [1.807, 2.05) is 0 Å². The summed E-state index contributed by atoms with van der Waals surface area (Å²) in [5, 5.41) is 3.57. The molecule has 2 heteroatoms. The lowest BCUT2D eigenvalue weighted by molar-refractivity contribution is 0.125. The van der Waals surface area contributed by atoms with E-state index in [-0.39, 0.29) is 0 Å². The molecule has 0 saturated carbocycles. The number of hydrogen-bond donors (Lipinski definition) is 1. The Labute approximate surface area is 95.8 Å². The van der Waals surface area contributed by atoms with E-state index in [0.717, 1.165) is 19.8 Å². The van der Waals surface area contributed by atoms with Crippen LogP contribution < -0.4 is 5.32 Å². The quantitative estimate of drug-likeness (QED) is 0.534. The topological polar surface area (TPSA) is 21.3 Å². The van der Waals surface area contributed by atoms with E-state index >= 15 is 0 Å². The lowest BCUT2D eigenvalue weighted by Crippen LogP contribution is -2.29.